The van der Waals surface area contributed by atoms with Crippen LogP contribution in [0.1, 0.15) is 5.56 Å². The Bertz CT molecular complexity index is 1120. The molecule has 0 bridgehead atoms. The molecule has 2 aromatic carbocycles. The first-order chi connectivity index (χ1) is 13.6. The molecule has 2 aromatic heterocycles. The van der Waals surface area contributed by atoms with Gasteiger partial charge in [-0.25, -0.2) is 0 Å². The summed E-state index contributed by atoms with van der Waals surface area (Å²) >= 11 is 1.51. The normalized spacial score (nSPS) is 10.9. The number of aryl methyl sites for hydroxylation is 1. The zero-order chi connectivity index (χ0) is 19.5. The highest BCUT2D eigenvalue weighted by Crippen LogP contribution is 2.27. The smallest absolute Gasteiger partial charge is 0.228 e. The van der Waals surface area contributed by atoms with E-state index in [0.29, 0.717) is 5.58 Å². The molecule has 0 atom stereocenters. The molecule has 0 aliphatic heterocycles. The maximum atomic E-state index is 12.4. The van der Waals surface area contributed by atoms with E-state index in [-0.39, 0.29) is 12.3 Å². The average molecular weight is 394 g/mol. The number of anilines is 1. The summed E-state index contributed by atoms with van der Waals surface area (Å²) in [5, 5.41) is 12.5. The van der Waals surface area contributed by atoms with Crippen molar-refractivity contribution in [2.24, 2.45) is 7.05 Å². The number of nitrogens with zero attached hydrogens (tertiary/aromatic N) is 3. The number of nitrogens with one attached hydrogen (secondary N) is 1. The first-order valence-electron chi connectivity index (χ1n) is 8.58. The molecule has 28 heavy (non-hydrogen) atoms. The highest BCUT2D eigenvalue weighted by atomic mass is 32.2. The maximum absolute atomic E-state index is 12.4. The summed E-state index contributed by atoms with van der Waals surface area (Å²) in [4.78, 5) is 13.4. The second-order valence-electron chi connectivity index (χ2n) is 6.20. The van der Waals surface area contributed by atoms with Crippen LogP contribution in [-0.2, 0) is 18.3 Å². The number of hydrogen-bond donors (Lipinski definition) is 1. The van der Waals surface area contributed by atoms with Crippen LogP contribution >= 0.6 is 11.8 Å². The SMILES string of the molecule is COc1ccc2c(CC(=O)Nc3ccc(Sc4nncn4C)cc3)coc2c1. The summed E-state index contributed by atoms with van der Waals surface area (Å²) in [7, 11) is 3.50. The van der Waals surface area contributed by atoms with Crippen molar-refractivity contribution in [3.8, 4) is 5.75 Å². The summed E-state index contributed by atoms with van der Waals surface area (Å²) < 4.78 is 12.6. The summed E-state index contributed by atoms with van der Waals surface area (Å²) in [6.07, 6.45) is 3.51. The Balaban J connectivity index is 1.40. The monoisotopic (exact) mass is 394 g/mol. The van der Waals surface area contributed by atoms with Crippen LogP contribution in [0.4, 0.5) is 5.69 Å². The molecule has 0 unspecified atom stereocenters. The number of fused-ring (bicyclic) bond motifs is 1. The van der Waals surface area contributed by atoms with Crippen molar-refractivity contribution in [3.63, 3.8) is 0 Å². The van der Waals surface area contributed by atoms with Crippen molar-refractivity contribution in [3.05, 3.63) is 60.6 Å². The highest BCUT2D eigenvalue weighted by Gasteiger charge is 2.12. The van der Waals surface area contributed by atoms with Crippen molar-refractivity contribution >= 4 is 34.3 Å². The molecule has 1 amide bonds. The Morgan fingerprint density at radius 1 is 1.25 bits per heavy atom. The average Bonchev–Trinajstić information content (AvgIpc) is 3.29. The lowest BCUT2D eigenvalue weighted by Gasteiger charge is -2.06. The van der Waals surface area contributed by atoms with E-state index in [9.17, 15) is 4.79 Å². The Morgan fingerprint density at radius 3 is 2.79 bits per heavy atom. The number of hydrogen-bond acceptors (Lipinski definition) is 6. The van der Waals surface area contributed by atoms with Gasteiger partial charge in [0.05, 0.1) is 19.8 Å². The van der Waals surface area contributed by atoms with Crippen LogP contribution in [0, 0.1) is 0 Å². The molecule has 8 heteroatoms. The number of aromatic nitrogens is 3. The topological polar surface area (TPSA) is 82.2 Å². The Kier molecular flexibility index (Phi) is 5.03. The zero-order valence-electron chi connectivity index (χ0n) is 15.4. The number of furan rings is 1. The van der Waals surface area contributed by atoms with Crippen LogP contribution in [0.3, 0.4) is 0 Å². The molecule has 0 aliphatic carbocycles. The minimum atomic E-state index is -0.104. The number of rotatable bonds is 6. The molecule has 142 valence electrons. The predicted molar refractivity (Wildman–Crippen MR) is 107 cm³/mol. The Hall–Kier alpha value is -3.26. The lowest BCUT2D eigenvalue weighted by atomic mass is 10.1. The molecule has 4 rings (SSSR count). The lowest BCUT2D eigenvalue weighted by Crippen LogP contribution is -2.14. The van der Waals surface area contributed by atoms with Gasteiger partial charge in [0.15, 0.2) is 5.16 Å². The predicted octanol–water partition coefficient (Wildman–Crippen LogP) is 3.90. The fourth-order valence-corrected chi connectivity index (χ4v) is 3.54. The van der Waals surface area contributed by atoms with Gasteiger partial charge < -0.3 is 19.0 Å². The Morgan fingerprint density at radius 2 is 2.07 bits per heavy atom. The first kappa shape index (κ1) is 18.1. The number of amides is 1. The van der Waals surface area contributed by atoms with Gasteiger partial charge in [0.1, 0.15) is 17.7 Å². The van der Waals surface area contributed by atoms with Crippen LogP contribution in [0.2, 0.25) is 0 Å². The number of carbonyl (C=O) groups is 1. The quantitative estimate of drug-likeness (QED) is 0.534. The molecule has 0 saturated heterocycles. The molecule has 7 nitrogen and oxygen atoms in total. The molecule has 1 N–H and O–H groups in total. The van der Waals surface area contributed by atoms with E-state index in [1.165, 1.54) is 11.8 Å². The van der Waals surface area contributed by atoms with Gasteiger partial charge in [0, 0.05) is 34.6 Å². The van der Waals surface area contributed by atoms with Gasteiger partial charge in [0.2, 0.25) is 5.91 Å². The minimum Gasteiger partial charge on any atom is -0.497 e. The van der Waals surface area contributed by atoms with Gasteiger partial charge in [-0.3, -0.25) is 4.79 Å². The summed E-state index contributed by atoms with van der Waals surface area (Å²) in [6.45, 7) is 0. The number of carbonyl (C=O) groups excluding carboxylic acids is 1. The Labute approximate surface area is 165 Å². The molecular weight excluding hydrogens is 376 g/mol. The van der Waals surface area contributed by atoms with E-state index in [1.54, 1.807) is 19.7 Å². The third kappa shape index (κ3) is 3.86. The minimum absolute atomic E-state index is 0.104. The first-order valence-corrected chi connectivity index (χ1v) is 9.40. The zero-order valence-corrected chi connectivity index (χ0v) is 16.2. The fraction of sp³-hybridized carbons (Fsp3) is 0.150. The standard InChI is InChI=1S/C20H18N4O3S/c1-24-12-21-23-20(24)28-16-6-3-14(4-7-16)22-19(25)9-13-11-27-18-10-15(26-2)5-8-17(13)18/h3-8,10-12H,9H2,1-2H3,(H,22,25). The molecule has 0 spiro atoms. The number of ether oxygens (including phenoxy) is 1. The van der Waals surface area contributed by atoms with E-state index in [0.717, 1.165) is 32.4 Å². The highest BCUT2D eigenvalue weighted by molar-refractivity contribution is 7.99. The molecule has 0 saturated carbocycles. The summed E-state index contributed by atoms with van der Waals surface area (Å²) in [5.41, 5.74) is 2.28. The number of methoxy groups -OCH3 is 1. The largest absolute Gasteiger partial charge is 0.497 e. The fourth-order valence-electron chi connectivity index (χ4n) is 2.78. The van der Waals surface area contributed by atoms with Crippen LogP contribution < -0.4 is 10.1 Å². The van der Waals surface area contributed by atoms with E-state index in [1.807, 2.05) is 54.1 Å². The number of benzene rings is 2. The molecule has 0 aliphatic rings. The van der Waals surface area contributed by atoms with Crippen LogP contribution in [0.5, 0.6) is 5.75 Å². The van der Waals surface area contributed by atoms with E-state index >= 15 is 0 Å². The van der Waals surface area contributed by atoms with Crippen LogP contribution in [0.15, 0.2) is 69.5 Å². The van der Waals surface area contributed by atoms with E-state index in [2.05, 4.69) is 15.5 Å². The second kappa shape index (κ2) is 7.77. The van der Waals surface area contributed by atoms with E-state index in [4.69, 9.17) is 9.15 Å². The summed E-state index contributed by atoms with van der Waals surface area (Å²) in [6, 6.07) is 13.2. The second-order valence-corrected chi connectivity index (χ2v) is 7.24. The third-order valence-corrected chi connectivity index (χ3v) is 5.29. The van der Waals surface area contributed by atoms with Gasteiger partial charge >= 0.3 is 0 Å². The van der Waals surface area contributed by atoms with Gasteiger partial charge in [-0.05, 0) is 48.2 Å². The maximum Gasteiger partial charge on any atom is 0.228 e. The van der Waals surface area contributed by atoms with Crippen molar-refractivity contribution in [1.82, 2.24) is 14.8 Å². The molecular formula is C20H18N4O3S. The molecule has 0 radical (unpaired) electrons. The molecule has 0 fully saturated rings. The molecule has 4 aromatic rings. The van der Waals surface area contributed by atoms with Gasteiger partial charge in [-0.1, -0.05) is 0 Å². The van der Waals surface area contributed by atoms with Crippen LogP contribution in [0.25, 0.3) is 11.0 Å². The van der Waals surface area contributed by atoms with Gasteiger partial charge in [0.25, 0.3) is 0 Å². The van der Waals surface area contributed by atoms with Crippen LogP contribution in [-0.4, -0.2) is 27.8 Å². The summed E-state index contributed by atoms with van der Waals surface area (Å²) in [5.74, 6) is 0.615. The van der Waals surface area contributed by atoms with Gasteiger partial charge in [-0.15, -0.1) is 10.2 Å². The molecule has 2 heterocycles. The lowest BCUT2D eigenvalue weighted by molar-refractivity contribution is -0.115. The van der Waals surface area contributed by atoms with Crippen molar-refractivity contribution in [1.29, 1.82) is 0 Å². The van der Waals surface area contributed by atoms with Gasteiger partial charge in [-0.2, -0.15) is 0 Å². The van der Waals surface area contributed by atoms with Crippen molar-refractivity contribution in [2.45, 2.75) is 16.5 Å². The van der Waals surface area contributed by atoms with Crippen molar-refractivity contribution < 1.29 is 13.9 Å². The van der Waals surface area contributed by atoms with Crippen molar-refractivity contribution in [2.75, 3.05) is 12.4 Å². The third-order valence-electron chi connectivity index (χ3n) is 4.23. The van der Waals surface area contributed by atoms with E-state index < -0.39 is 0 Å².